The third kappa shape index (κ3) is 4.76. The summed E-state index contributed by atoms with van der Waals surface area (Å²) < 4.78 is 20.8. The molecular formula is C9H5ClF2S. The molecule has 0 nitrogen and oxygen atoms in total. The van der Waals surface area contributed by atoms with E-state index in [0.717, 1.165) is 0 Å². The number of hydrogen-bond acceptors (Lipinski definition) is 1. The van der Waals surface area contributed by atoms with E-state index in [0.29, 0.717) is 5.56 Å². The van der Waals surface area contributed by atoms with Crippen molar-refractivity contribution in [3.63, 3.8) is 0 Å². The minimum Gasteiger partial charge on any atom is -0.176 e. The van der Waals surface area contributed by atoms with Crippen LogP contribution in [0.25, 0.3) is 0 Å². The van der Waals surface area contributed by atoms with E-state index in [2.05, 4.69) is 22.8 Å². The van der Waals surface area contributed by atoms with Crippen molar-refractivity contribution in [2.45, 2.75) is 4.71 Å². The molecule has 0 amide bonds. The Kier molecular flexibility index (Phi) is 3.58. The smallest absolute Gasteiger partial charge is 0.176 e. The molecule has 0 spiro atoms. The van der Waals surface area contributed by atoms with Crippen LogP contribution in [0.5, 0.6) is 0 Å². The summed E-state index contributed by atoms with van der Waals surface area (Å²) in [5.41, 5.74) is 0.691. The van der Waals surface area contributed by atoms with E-state index in [4.69, 9.17) is 0 Å². The van der Waals surface area contributed by atoms with Gasteiger partial charge < -0.3 is 0 Å². The van der Waals surface area contributed by atoms with Gasteiger partial charge in [-0.25, -0.2) is 0 Å². The lowest BCUT2D eigenvalue weighted by atomic mass is 10.2. The van der Waals surface area contributed by atoms with Crippen LogP contribution in [0.2, 0.25) is 0 Å². The van der Waals surface area contributed by atoms with Gasteiger partial charge in [-0.3, -0.25) is 0 Å². The zero-order valence-electron chi connectivity index (χ0n) is 6.43. The molecule has 0 N–H and O–H groups in total. The number of thioether (sulfide) groups is 1. The molecule has 0 bridgehead atoms. The fourth-order valence-corrected chi connectivity index (χ4v) is 1.06. The van der Waals surface area contributed by atoms with Gasteiger partial charge in [-0.05, 0) is 29.0 Å². The second-order valence-electron chi connectivity index (χ2n) is 2.14. The van der Waals surface area contributed by atoms with Crippen LogP contribution in [0.15, 0.2) is 30.3 Å². The van der Waals surface area contributed by atoms with E-state index >= 15 is 0 Å². The maximum absolute atomic E-state index is 12.1. The summed E-state index contributed by atoms with van der Waals surface area (Å²) in [4.78, 5) is 0. The molecule has 0 aliphatic rings. The first-order valence-corrected chi connectivity index (χ1v) is 4.58. The van der Waals surface area contributed by atoms with Crippen molar-refractivity contribution in [2.24, 2.45) is 0 Å². The molecule has 0 saturated carbocycles. The van der Waals surface area contributed by atoms with Crippen molar-refractivity contribution in [3.8, 4) is 11.2 Å². The number of hydrogen-bond donors (Lipinski definition) is 0. The summed E-state index contributed by atoms with van der Waals surface area (Å²) in [5, 5.41) is 2.23. The molecule has 0 unspecified atom stereocenters. The minimum atomic E-state index is -3.30. The molecule has 0 aliphatic carbocycles. The zero-order chi connectivity index (χ0) is 9.73. The van der Waals surface area contributed by atoms with Crippen molar-refractivity contribution >= 4 is 23.4 Å². The molecule has 0 atom stereocenters. The van der Waals surface area contributed by atoms with E-state index in [1.54, 1.807) is 24.3 Å². The molecule has 13 heavy (non-hydrogen) atoms. The quantitative estimate of drug-likeness (QED) is 0.514. The van der Waals surface area contributed by atoms with Crippen LogP contribution >= 0.6 is 23.4 Å². The second-order valence-corrected chi connectivity index (χ2v) is 3.76. The lowest BCUT2D eigenvalue weighted by Crippen LogP contribution is -1.94. The highest BCUT2D eigenvalue weighted by Crippen LogP contribution is 2.32. The number of halogens is 3. The first kappa shape index (κ1) is 10.4. The van der Waals surface area contributed by atoms with Gasteiger partial charge in [-0.2, -0.15) is 8.78 Å². The van der Waals surface area contributed by atoms with Gasteiger partial charge in [0.1, 0.15) is 0 Å². The van der Waals surface area contributed by atoms with Crippen LogP contribution < -0.4 is 0 Å². The van der Waals surface area contributed by atoms with Crippen LogP contribution in [0.1, 0.15) is 5.56 Å². The van der Waals surface area contributed by atoms with Gasteiger partial charge >= 0.3 is 4.71 Å². The fourth-order valence-electron chi connectivity index (χ4n) is 0.664. The molecule has 0 aliphatic heterocycles. The third-order valence-electron chi connectivity index (χ3n) is 1.14. The van der Waals surface area contributed by atoms with Crippen LogP contribution in [-0.4, -0.2) is 4.71 Å². The highest BCUT2D eigenvalue weighted by Gasteiger charge is 2.24. The number of alkyl halides is 3. The predicted octanol–water partition coefficient (Wildman–Crippen LogP) is 3.52. The fraction of sp³-hybridized carbons (Fsp3) is 0.111. The molecule has 4 heteroatoms. The van der Waals surface area contributed by atoms with E-state index in [1.165, 1.54) is 0 Å². The Morgan fingerprint density at radius 3 is 2.38 bits per heavy atom. The molecule has 1 aromatic carbocycles. The monoisotopic (exact) mass is 218 g/mol. The lowest BCUT2D eigenvalue weighted by Gasteiger charge is -1.97. The maximum atomic E-state index is 12.1. The SMILES string of the molecule is FC(F)(Cl)SC#Cc1ccccc1. The van der Waals surface area contributed by atoms with Gasteiger partial charge in [0.25, 0.3) is 0 Å². The molecule has 0 aromatic heterocycles. The van der Waals surface area contributed by atoms with E-state index in [-0.39, 0.29) is 11.8 Å². The average Bonchev–Trinajstić information content (AvgIpc) is 2.04. The Morgan fingerprint density at radius 2 is 1.85 bits per heavy atom. The summed E-state index contributed by atoms with van der Waals surface area (Å²) in [6.45, 7) is 0. The summed E-state index contributed by atoms with van der Waals surface area (Å²) in [6, 6.07) is 8.87. The molecule has 0 saturated heterocycles. The Labute approximate surface area is 84.3 Å². The summed E-state index contributed by atoms with van der Waals surface area (Å²) in [6.07, 6.45) is 0. The predicted molar refractivity (Wildman–Crippen MR) is 51.7 cm³/mol. The van der Waals surface area contributed by atoms with Crippen molar-refractivity contribution in [1.29, 1.82) is 0 Å². The van der Waals surface area contributed by atoms with Gasteiger partial charge in [-0.1, -0.05) is 24.1 Å². The Bertz CT molecular complexity index is 321. The summed E-state index contributed by atoms with van der Waals surface area (Å²) in [7, 11) is 0. The Hall–Kier alpha value is -0.720. The molecule has 0 fully saturated rings. The maximum Gasteiger partial charge on any atom is 0.382 e. The molecular weight excluding hydrogens is 214 g/mol. The topological polar surface area (TPSA) is 0 Å². The zero-order valence-corrected chi connectivity index (χ0v) is 8.00. The first-order chi connectivity index (χ1) is 6.08. The molecule has 0 heterocycles. The Morgan fingerprint density at radius 1 is 1.23 bits per heavy atom. The van der Waals surface area contributed by atoms with Gasteiger partial charge in [0.15, 0.2) is 0 Å². The van der Waals surface area contributed by atoms with Crippen molar-refractivity contribution < 1.29 is 8.78 Å². The molecule has 1 rings (SSSR count). The van der Waals surface area contributed by atoms with Crippen LogP contribution in [0, 0.1) is 11.2 Å². The van der Waals surface area contributed by atoms with Crippen LogP contribution in [0.3, 0.4) is 0 Å². The van der Waals surface area contributed by atoms with Gasteiger partial charge in [0.05, 0.1) is 0 Å². The van der Waals surface area contributed by atoms with Crippen LogP contribution in [0.4, 0.5) is 8.78 Å². The summed E-state index contributed by atoms with van der Waals surface area (Å²) in [5.74, 6) is 2.55. The highest BCUT2D eigenvalue weighted by atomic mass is 35.5. The van der Waals surface area contributed by atoms with Crippen molar-refractivity contribution in [2.75, 3.05) is 0 Å². The van der Waals surface area contributed by atoms with Gasteiger partial charge in [-0.15, -0.1) is 0 Å². The molecule has 68 valence electrons. The normalized spacial score (nSPS) is 10.4. The van der Waals surface area contributed by atoms with Crippen molar-refractivity contribution in [3.05, 3.63) is 35.9 Å². The number of rotatable bonds is 1. The van der Waals surface area contributed by atoms with Crippen LogP contribution in [-0.2, 0) is 0 Å². The number of benzene rings is 1. The standard InChI is InChI=1S/C9H5ClF2S/c10-9(11,12)13-7-6-8-4-2-1-3-5-8/h1-5H. The molecule has 0 radical (unpaired) electrons. The summed E-state index contributed by atoms with van der Waals surface area (Å²) >= 11 is 4.73. The average molecular weight is 219 g/mol. The van der Waals surface area contributed by atoms with E-state index < -0.39 is 4.71 Å². The van der Waals surface area contributed by atoms with E-state index in [9.17, 15) is 8.78 Å². The first-order valence-electron chi connectivity index (χ1n) is 3.39. The van der Waals surface area contributed by atoms with Gasteiger partial charge in [0, 0.05) is 17.3 Å². The molecule has 1 aromatic rings. The van der Waals surface area contributed by atoms with E-state index in [1.807, 2.05) is 6.07 Å². The lowest BCUT2D eigenvalue weighted by molar-refractivity contribution is 0.204. The van der Waals surface area contributed by atoms with Gasteiger partial charge in [0.2, 0.25) is 0 Å². The second kappa shape index (κ2) is 4.50. The highest BCUT2D eigenvalue weighted by molar-refractivity contribution is 8.05. The van der Waals surface area contributed by atoms with Crippen molar-refractivity contribution in [1.82, 2.24) is 0 Å². The largest absolute Gasteiger partial charge is 0.382 e. The Balaban J connectivity index is 2.59. The third-order valence-corrected chi connectivity index (χ3v) is 1.80. The minimum absolute atomic E-state index is 0.0994.